The summed E-state index contributed by atoms with van der Waals surface area (Å²) in [7, 11) is 0. The van der Waals surface area contributed by atoms with Crippen LogP contribution in [0.5, 0.6) is 0 Å². The van der Waals surface area contributed by atoms with Crippen molar-refractivity contribution in [3.05, 3.63) is 12.2 Å². The standard InChI is InChI=1S/C12H18N6O2/c1-12(7-19)3-2-4-18(6-12)5-9-15-11(17-20-9)10-13-8-14-16-10/h8,19H,2-7H2,1H3,(H,13,14,16). The molecule has 3 rings (SSSR count). The van der Waals surface area contributed by atoms with E-state index in [2.05, 4.69) is 37.1 Å². The van der Waals surface area contributed by atoms with Crippen molar-refractivity contribution in [2.24, 2.45) is 5.41 Å². The number of aliphatic hydroxyl groups excluding tert-OH is 1. The Morgan fingerprint density at radius 3 is 3.20 bits per heavy atom. The first-order chi connectivity index (χ1) is 9.68. The summed E-state index contributed by atoms with van der Waals surface area (Å²) in [5, 5.41) is 19.8. The quantitative estimate of drug-likeness (QED) is 0.836. The molecule has 20 heavy (non-hydrogen) atoms. The minimum atomic E-state index is -0.0357. The molecule has 0 aliphatic carbocycles. The molecule has 3 heterocycles. The summed E-state index contributed by atoms with van der Waals surface area (Å²) in [5.41, 5.74) is -0.0357. The summed E-state index contributed by atoms with van der Waals surface area (Å²) < 4.78 is 5.24. The van der Waals surface area contributed by atoms with Crippen molar-refractivity contribution in [3.63, 3.8) is 0 Å². The molecular weight excluding hydrogens is 260 g/mol. The minimum absolute atomic E-state index is 0.0357. The van der Waals surface area contributed by atoms with Gasteiger partial charge in [0.15, 0.2) is 5.82 Å². The molecule has 1 aliphatic rings. The van der Waals surface area contributed by atoms with E-state index in [4.69, 9.17) is 4.52 Å². The van der Waals surface area contributed by atoms with Crippen molar-refractivity contribution in [3.8, 4) is 11.6 Å². The summed E-state index contributed by atoms with van der Waals surface area (Å²) in [6.07, 6.45) is 3.52. The number of nitrogens with one attached hydrogen (secondary N) is 1. The Balaban J connectivity index is 1.66. The summed E-state index contributed by atoms with van der Waals surface area (Å²) in [5.74, 6) is 1.47. The Morgan fingerprint density at radius 2 is 2.45 bits per heavy atom. The highest BCUT2D eigenvalue weighted by Crippen LogP contribution is 2.29. The molecule has 1 atom stereocenters. The molecule has 0 amide bonds. The van der Waals surface area contributed by atoms with Crippen molar-refractivity contribution < 1.29 is 9.63 Å². The zero-order valence-electron chi connectivity index (χ0n) is 11.4. The number of likely N-dealkylation sites (tertiary alicyclic amines) is 1. The maximum Gasteiger partial charge on any atom is 0.241 e. The van der Waals surface area contributed by atoms with E-state index in [0.29, 0.717) is 24.1 Å². The van der Waals surface area contributed by atoms with Crippen LogP contribution in [0.3, 0.4) is 0 Å². The normalized spacial score (nSPS) is 24.1. The van der Waals surface area contributed by atoms with Crippen LogP contribution >= 0.6 is 0 Å². The number of piperidine rings is 1. The third-order valence-electron chi connectivity index (χ3n) is 3.70. The number of nitrogens with zero attached hydrogens (tertiary/aromatic N) is 5. The molecule has 8 nitrogen and oxygen atoms in total. The first-order valence-electron chi connectivity index (χ1n) is 6.70. The summed E-state index contributed by atoms with van der Waals surface area (Å²) in [4.78, 5) is 10.5. The average Bonchev–Trinajstić information content (AvgIpc) is 3.09. The van der Waals surface area contributed by atoms with Crippen LogP contribution < -0.4 is 0 Å². The van der Waals surface area contributed by atoms with Crippen LogP contribution in [-0.2, 0) is 6.54 Å². The Labute approximate surface area is 116 Å². The molecule has 0 spiro atoms. The Kier molecular flexibility index (Phi) is 3.49. The Morgan fingerprint density at radius 1 is 1.55 bits per heavy atom. The van der Waals surface area contributed by atoms with Crippen LogP contribution in [0.4, 0.5) is 0 Å². The van der Waals surface area contributed by atoms with Crippen LogP contribution in [0.1, 0.15) is 25.7 Å². The van der Waals surface area contributed by atoms with Crippen molar-refractivity contribution in [2.45, 2.75) is 26.3 Å². The van der Waals surface area contributed by atoms with E-state index in [1.807, 2.05) is 0 Å². The van der Waals surface area contributed by atoms with Gasteiger partial charge in [-0.3, -0.25) is 10.00 Å². The summed E-state index contributed by atoms with van der Waals surface area (Å²) in [6.45, 7) is 4.72. The van der Waals surface area contributed by atoms with Crippen LogP contribution in [0.15, 0.2) is 10.9 Å². The zero-order chi connectivity index (χ0) is 14.0. The molecule has 0 saturated carbocycles. The lowest BCUT2D eigenvalue weighted by Crippen LogP contribution is -2.43. The third-order valence-corrected chi connectivity index (χ3v) is 3.70. The maximum absolute atomic E-state index is 9.47. The van der Waals surface area contributed by atoms with Crippen LogP contribution in [0.25, 0.3) is 11.6 Å². The first-order valence-corrected chi connectivity index (χ1v) is 6.70. The van der Waals surface area contributed by atoms with E-state index in [9.17, 15) is 5.11 Å². The van der Waals surface area contributed by atoms with E-state index in [1.54, 1.807) is 0 Å². The molecule has 8 heteroatoms. The lowest BCUT2D eigenvalue weighted by molar-refractivity contribution is 0.0382. The number of aliphatic hydroxyl groups is 1. The molecular formula is C12H18N6O2. The van der Waals surface area contributed by atoms with Gasteiger partial charge in [0.25, 0.3) is 0 Å². The SMILES string of the molecule is CC1(CO)CCCN(Cc2nc(-c3ncn[nH]3)no2)C1. The number of hydrogen-bond donors (Lipinski definition) is 2. The van der Waals surface area contributed by atoms with Gasteiger partial charge in [0.2, 0.25) is 11.7 Å². The number of rotatable bonds is 4. The molecule has 2 aromatic rings. The van der Waals surface area contributed by atoms with Gasteiger partial charge in [-0.2, -0.15) is 10.1 Å². The molecule has 1 unspecified atom stereocenters. The monoisotopic (exact) mass is 278 g/mol. The molecule has 2 N–H and O–H groups in total. The van der Waals surface area contributed by atoms with E-state index >= 15 is 0 Å². The maximum atomic E-state index is 9.47. The predicted molar refractivity (Wildman–Crippen MR) is 69.4 cm³/mol. The van der Waals surface area contributed by atoms with E-state index in [-0.39, 0.29) is 12.0 Å². The number of hydrogen-bond acceptors (Lipinski definition) is 7. The fraction of sp³-hybridized carbons (Fsp3) is 0.667. The van der Waals surface area contributed by atoms with E-state index in [0.717, 1.165) is 25.9 Å². The minimum Gasteiger partial charge on any atom is -0.396 e. The lowest BCUT2D eigenvalue weighted by Gasteiger charge is -2.38. The smallest absolute Gasteiger partial charge is 0.241 e. The van der Waals surface area contributed by atoms with Gasteiger partial charge in [0.05, 0.1) is 6.54 Å². The highest BCUT2D eigenvalue weighted by molar-refractivity contribution is 5.39. The van der Waals surface area contributed by atoms with E-state index in [1.165, 1.54) is 6.33 Å². The van der Waals surface area contributed by atoms with Crippen LogP contribution in [0, 0.1) is 5.41 Å². The first kappa shape index (κ1) is 13.2. The van der Waals surface area contributed by atoms with Gasteiger partial charge in [-0.05, 0) is 19.4 Å². The molecule has 0 bridgehead atoms. The van der Waals surface area contributed by atoms with Crippen molar-refractivity contribution in [1.29, 1.82) is 0 Å². The molecule has 1 fully saturated rings. The molecule has 1 saturated heterocycles. The number of aromatic nitrogens is 5. The molecule has 108 valence electrons. The lowest BCUT2D eigenvalue weighted by atomic mass is 9.83. The highest BCUT2D eigenvalue weighted by Gasteiger charge is 2.31. The second kappa shape index (κ2) is 5.29. The fourth-order valence-corrected chi connectivity index (χ4v) is 2.61. The van der Waals surface area contributed by atoms with Gasteiger partial charge in [-0.25, -0.2) is 4.98 Å². The van der Waals surface area contributed by atoms with Crippen molar-refractivity contribution >= 4 is 0 Å². The summed E-state index contributed by atoms with van der Waals surface area (Å²) >= 11 is 0. The third kappa shape index (κ3) is 2.70. The Bertz CT molecular complexity index is 554. The van der Waals surface area contributed by atoms with Crippen LogP contribution in [-0.4, -0.2) is 55.0 Å². The number of aromatic amines is 1. The fourth-order valence-electron chi connectivity index (χ4n) is 2.61. The highest BCUT2D eigenvalue weighted by atomic mass is 16.5. The largest absolute Gasteiger partial charge is 0.396 e. The van der Waals surface area contributed by atoms with Gasteiger partial charge >= 0.3 is 0 Å². The number of H-pyrrole nitrogens is 1. The summed E-state index contributed by atoms with van der Waals surface area (Å²) in [6, 6.07) is 0. The van der Waals surface area contributed by atoms with Crippen molar-refractivity contribution in [2.75, 3.05) is 19.7 Å². The molecule has 2 aromatic heterocycles. The van der Waals surface area contributed by atoms with E-state index < -0.39 is 0 Å². The van der Waals surface area contributed by atoms with Crippen molar-refractivity contribution in [1.82, 2.24) is 30.2 Å². The molecule has 1 aliphatic heterocycles. The topological polar surface area (TPSA) is 104 Å². The molecule has 0 aromatic carbocycles. The Hall–Kier alpha value is -1.80. The molecule has 0 radical (unpaired) electrons. The van der Waals surface area contributed by atoms with Gasteiger partial charge in [-0.15, -0.1) is 0 Å². The van der Waals surface area contributed by atoms with Crippen LogP contribution in [0.2, 0.25) is 0 Å². The second-order valence-electron chi connectivity index (χ2n) is 5.63. The zero-order valence-corrected chi connectivity index (χ0v) is 11.4. The second-order valence-corrected chi connectivity index (χ2v) is 5.63. The average molecular weight is 278 g/mol. The predicted octanol–water partition coefficient (Wildman–Crippen LogP) is 0.449. The van der Waals surface area contributed by atoms with Gasteiger partial charge in [-0.1, -0.05) is 12.1 Å². The van der Waals surface area contributed by atoms with Gasteiger partial charge < -0.3 is 9.63 Å². The van der Waals surface area contributed by atoms with Gasteiger partial charge in [0.1, 0.15) is 6.33 Å². The van der Waals surface area contributed by atoms with Gasteiger partial charge in [0, 0.05) is 18.6 Å².